The first-order chi connectivity index (χ1) is 16.2. The van der Waals surface area contributed by atoms with E-state index in [0.29, 0.717) is 23.8 Å². The molecule has 3 aliphatic heterocycles. The quantitative estimate of drug-likeness (QED) is 0.601. The Kier molecular flexibility index (Phi) is 5.43. The number of thioether (sulfide) groups is 1. The average Bonchev–Trinajstić information content (AvgIpc) is 3.23. The van der Waals surface area contributed by atoms with Gasteiger partial charge in [0.05, 0.1) is 29.4 Å². The number of rotatable bonds is 5. The maximum absolute atomic E-state index is 12.6. The van der Waals surface area contributed by atoms with Gasteiger partial charge in [0.15, 0.2) is 0 Å². The van der Waals surface area contributed by atoms with Crippen molar-refractivity contribution in [1.29, 1.82) is 0 Å². The molecule has 0 aliphatic carbocycles. The molecule has 9 nitrogen and oxygen atoms in total. The van der Waals surface area contributed by atoms with Gasteiger partial charge in [-0.15, -0.1) is 11.8 Å². The highest BCUT2D eigenvalue weighted by atomic mass is 32.2. The van der Waals surface area contributed by atoms with Gasteiger partial charge in [0.2, 0.25) is 0 Å². The fourth-order valence-corrected chi connectivity index (χ4v) is 5.89. The third kappa shape index (κ3) is 3.96. The molecule has 33 heavy (non-hydrogen) atoms. The highest BCUT2D eigenvalue weighted by Gasteiger charge is 2.29. The summed E-state index contributed by atoms with van der Waals surface area (Å²) in [5, 5.41) is 3.65. The van der Waals surface area contributed by atoms with E-state index in [1.54, 1.807) is 27.0 Å². The van der Waals surface area contributed by atoms with Crippen molar-refractivity contribution < 1.29 is 4.74 Å². The van der Waals surface area contributed by atoms with Crippen molar-refractivity contribution >= 4 is 22.9 Å². The van der Waals surface area contributed by atoms with Crippen molar-refractivity contribution in [2.45, 2.75) is 42.9 Å². The molecule has 0 aromatic carbocycles. The minimum Gasteiger partial charge on any atom is -0.491 e. The third-order valence-electron chi connectivity index (χ3n) is 6.79. The molecule has 0 unspecified atom stereocenters. The molecular formula is C23H26N6O3S. The van der Waals surface area contributed by atoms with Crippen molar-refractivity contribution in [2.75, 3.05) is 32.0 Å². The highest BCUT2D eigenvalue weighted by Crippen LogP contribution is 2.32. The Morgan fingerprint density at radius 3 is 2.88 bits per heavy atom. The van der Waals surface area contributed by atoms with Gasteiger partial charge in [-0.3, -0.25) is 23.7 Å². The lowest BCUT2D eigenvalue weighted by Gasteiger charge is -2.34. The smallest absolute Gasteiger partial charge is 0.270 e. The van der Waals surface area contributed by atoms with Crippen LogP contribution in [0.4, 0.5) is 0 Å². The van der Waals surface area contributed by atoms with E-state index in [2.05, 4.69) is 26.3 Å². The van der Waals surface area contributed by atoms with E-state index < -0.39 is 0 Å². The van der Waals surface area contributed by atoms with E-state index in [4.69, 9.17) is 4.74 Å². The van der Waals surface area contributed by atoms with Gasteiger partial charge in [-0.25, -0.2) is 4.98 Å². The van der Waals surface area contributed by atoms with E-state index in [-0.39, 0.29) is 17.2 Å². The van der Waals surface area contributed by atoms with Crippen molar-refractivity contribution in [3.8, 4) is 5.75 Å². The van der Waals surface area contributed by atoms with Gasteiger partial charge in [0.25, 0.3) is 11.1 Å². The molecule has 3 aromatic heterocycles. The number of hydrogen-bond acceptors (Lipinski definition) is 8. The minimum absolute atomic E-state index is 0.0415. The number of piperidine rings is 1. The minimum atomic E-state index is -0.138. The number of nitrogens with zero attached hydrogens (tertiary/aromatic N) is 5. The summed E-state index contributed by atoms with van der Waals surface area (Å²) in [7, 11) is 0. The normalized spacial score (nSPS) is 20.7. The maximum atomic E-state index is 12.6. The number of nitrogens with one attached hydrogen (secondary N) is 1. The number of fused-ring (bicyclic) bond motifs is 1. The van der Waals surface area contributed by atoms with Gasteiger partial charge in [0.1, 0.15) is 16.9 Å². The number of pyridine rings is 2. The van der Waals surface area contributed by atoms with Gasteiger partial charge in [0, 0.05) is 49.8 Å². The third-order valence-corrected chi connectivity index (χ3v) is 7.78. The van der Waals surface area contributed by atoms with Crippen LogP contribution in [-0.4, -0.2) is 62.0 Å². The molecule has 0 bridgehead atoms. The van der Waals surface area contributed by atoms with Crippen LogP contribution in [0.5, 0.6) is 5.75 Å². The van der Waals surface area contributed by atoms with Crippen LogP contribution in [0.2, 0.25) is 0 Å². The van der Waals surface area contributed by atoms with Crippen LogP contribution in [0.1, 0.15) is 24.6 Å². The lowest BCUT2D eigenvalue weighted by atomic mass is 10.0. The van der Waals surface area contributed by atoms with Crippen LogP contribution in [0.15, 0.2) is 45.1 Å². The molecule has 0 saturated carbocycles. The Morgan fingerprint density at radius 1 is 1.12 bits per heavy atom. The zero-order valence-corrected chi connectivity index (χ0v) is 19.1. The predicted molar refractivity (Wildman–Crippen MR) is 126 cm³/mol. The summed E-state index contributed by atoms with van der Waals surface area (Å²) in [4.78, 5) is 37.2. The second-order valence-electron chi connectivity index (χ2n) is 8.89. The summed E-state index contributed by atoms with van der Waals surface area (Å²) in [6.45, 7) is 4.69. The Morgan fingerprint density at radius 2 is 2.00 bits per heavy atom. The standard InChI is InChI=1S/C23H26N6O3S/c30-21-2-1-18-23-28(21)14-17(29(23)22(31)12-26-18)13-27-5-3-15(4-6-27)24-10-16-9-19-20(11-25-16)33-8-7-32-19/h1-2,9,11-12,15,17,24H,3-8,10,13-14H2/t17-/m1/s1. The fourth-order valence-electron chi connectivity index (χ4n) is 5.12. The monoisotopic (exact) mass is 466 g/mol. The van der Waals surface area contributed by atoms with Crippen molar-refractivity contribution in [1.82, 2.24) is 29.3 Å². The molecular weight excluding hydrogens is 440 g/mol. The Balaban J connectivity index is 1.06. The molecule has 0 spiro atoms. The number of aromatic nitrogens is 4. The molecule has 3 aromatic rings. The van der Waals surface area contributed by atoms with Gasteiger partial charge in [-0.2, -0.15) is 0 Å². The van der Waals surface area contributed by atoms with E-state index >= 15 is 0 Å². The molecule has 172 valence electrons. The topological polar surface area (TPSA) is 94.3 Å². The lowest BCUT2D eigenvalue weighted by molar-refractivity contribution is 0.171. The zero-order chi connectivity index (χ0) is 22.4. The summed E-state index contributed by atoms with van der Waals surface area (Å²) in [5.74, 6) is 1.93. The summed E-state index contributed by atoms with van der Waals surface area (Å²) in [6.07, 6.45) is 5.36. The van der Waals surface area contributed by atoms with E-state index in [0.717, 1.165) is 67.7 Å². The second-order valence-corrected chi connectivity index (χ2v) is 10.0. The summed E-state index contributed by atoms with van der Waals surface area (Å²) < 4.78 is 9.20. The molecule has 1 saturated heterocycles. The van der Waals surface area contributed by atoms with Crippen molar-refractivity contribution in [2.24, 2.45) is 0 Å². The van der Waals surface area contributed by atoms with Gasteiger partial charge in [-0.1, -0.05) is 0 Å². The molecule has 3 aliphatic rings. The summed E-state index contributed by atoms with van der Waals surface area (Å²) in [6, 6.07) is 5.68. The number of ether oxygens (including phenoxy) is 1. The van der Waals surface area contributed by atoms with Crippen LogP contribution in [0.25, 0.3) is 11.2 Å². The molecule has 10 heteroatoms. The largest absolute Gasteiger partial charge is 0.491 e. The van der Waals surface area contributed by atoms with Crippen LogP contribution in [-0.2, 0) is 13.1 Å². The SMILES string of the molecule is O=c1ccc2ncc(=O)n3c2n1C[C@H]3CN1CCC(NCc2cc3c(cn2)SCCO3)CC1. The van der Waals surface area contributed by atoms with Crippen LogP contribution >= 0.6 is 11.8 Å². The van der Waals surface area contributed by atoms with E-state index in [1.807, 2.05) is 6.20 Å². The molecule has 6 heterocycles. The molecule has 0 amide bonds. The first-order valence-electron chi connectivity index (χ1n) is 11.5. The maximum Gasteiger partial charge on any atom is 0.270 e. The molecule has 0 radical (unpaired) electrons. The van der Waals surface area contributed by atoms with Crippen LogP contribution in [0.3, 0.4) is 0 Å². The summed E-state index contributed by atoms with van der Waals surface area (Å²) >= 11 is 1.80. The fraction of sp³-hybridized carbons (Fsp3) is 0.478. The van der Waals surface area contributed by atoms with Crippen molar-refractivity contribution in [3.05, 3.63) is 57.0 Å². The number of hydrogen-bond donors (Lipinski definition) is 1. The average molecular weight is 467 g/mol. The predicted octanol–water partition coefficient (Wildman–Crippen LogP) is 1.25. The Labute approximate surface area is 194 Å². The molecule has 6 rings (SSSR count). The van der Waals surface area contributed by atoms with Crippen molar-refractivity contribution in [3.63, 3.8) is 0 Å². The van der Waals surface area contributed by atoms with Gasteiger partial charge >= 0.3 is 0 Å². The van der Waals surface area contributed by atoms with Crippen LogP contribution in [0, 0.1) is 0 Å². The first kappa shape index (κ1) is 20.9. The molecule has 1 N–H and O–H groups in total. The van der Waals surface area contributed by atoms with Gasteiger partial charge in [-0.05, 0) is 32.0 Å². The Bertz CT molecular complexity index is 1310. The van der Waals surface area contributed by atoms with E-state index in [1.165, 1.54) is 12.3 Å². The zero-order valence-electron chi connectivity index (χ0n) is 18.3. The first-order valence-corrected chi connectivity index (χ1v) is 12.5. The molecule has 1 fully saturated rings. The number of likely N-dealkylation sites (tertiary alicyclic amines) is 1. The van der Waals surface area contributed by atoms with Crippen LogP contribution < -0.4 is 21.2 Å². The lowest BCUT2D eigenvalue weighted by Crippen LogP contribution is -2.44. The second kappa shape index (κ2) is 8.58. The van der Waals surface area contributed by atoms with E-state index in [9.17, 15) is 9.59 Å². The Hall–Kier alpha value is -2.69. The van der Waals surface area contributed by atoms with Gasteiger partial charge < -0.3 is 15.0 Å². The highest BCUT2D eigenvalue weighted by molar-refractivity contribution is 7.99. The molecule has 1 atom stereocenters. The summed E-state index contributed by atoms with van der Waals surface area (Å²) in [5.41, 5.74) is 2.14.